The van der Waals surface area contributed by atoms with Crippen molar-refractivity contribution in [1.82, 2.24) is 4.90 Å². The Morgan fingerprint density at radius 1 is 0.943 bits per heavy atom. The Morgan fingerprint density at radius 3 is 2.06 bits per heavy atom. The van der Waals surface area contributed by atoms with E-state index in [1.54, 1.807) is 29.2 Å². The van der Waals surface area contributed by atoms with E-state index >= 15 is 0 Å². The SMILES string of the molecule is CC(C)c1cccc(C(C)C)c1NC(=O)CN1C(=O)N(c2ccc(Cl)cc2)C2(CCCCC2)C1=O. The summed E-state index contributed by atoms with van der Waals surface area (Å²) in [5.74, 6) is -0.228. The molecular formula is C28H34ClN3O3. The van der Waals surface area contributed by atoms with Gasteiger partial charge in [0, 0.05) is 16.4 Å². The van der Waals surface area contributed by atoms with Crippen LogP contribution < -0.4 is 10.2 Å². The fraction of sp³-hybridized carbons (Fsp3) is 0.464. The molecule has 1 aliphatic carbocycles. The smallest absolute Gasteiger partial charge is 0.324 e. The molecule has 0 radical (unpaired) electrons. The van der Waals surface area contributed by atoms with Gasteiger partial charge in [0.25, 0.3) is 5.91 Å². The maximum Gasteiger partial charge on any atom is 0.332 e. The first kappa shape index (κ1) is 25.2. The fourth-order valence-corrected chi connectivity index (χ4v) is 5.54. The lowest BCUT2D eigenvalue weighted by Crippen LogP contribution is -2.51. The molecular weight excluding hydrogens is 462 g/mol. The second kappa shape index (κ2) is 10.0. The molecule has 2 fully saturated rings. The van der Waals surface area contributed by atoms with E-state index < -0.39 is 11.6 Å². The molecule has 1 aliphatic heterocycles. The quantitative estimate of drug-likeness (QED) is 0.453. The molecule has 0 aromatic heterocycles. The molecule has 2 aromatic rings. The lowest BCUT2D eigenvalue weighted by molar-refractivity contribution is -0.134. The predicted molar refractivity (Wildman–Crippen MR) is 140 cm³/mol. The minimum Gasteiger partial charge on any atom is -0.324 e. The summed E-state index contributed by atoms with van der Waals surface area (Å²) >= 11 is 6.07. The molecule has 7 heteroatoms. The van der Waals surface area contributed by atoms with Crippen molar-refractivity contribution in [2.75, 3.05) is 16.8 Å². The Morgan fingerprint density at radius 2 is 1.51 bits per heavy atom. The maximum atomic E-state index is 13.7. The van der Waals surface area contributed by atoms with Crippen LogP contribution in [0.5, 0.6) is 0 Å². The minimum atomic E-state index is -0.942. The van der Waals surface area contributed by atoms with Crippen LogP contribution in [-0.2, 0) is 9.59 Å². The Kier molecular flexibility index (Phi) is 7.22. The van der Waals surface area contributed by atoms with Gasteiger partial charge < -0.3 is 5.32 Å². The van der Waals surface area contributed by atoms with Crippen LogP contribution in [0.15, 0.2) is 42.5 Å². The summed E-state index contributed by atoms with van der Waals surface area (Å²) in [6.07, 6.45) is 3.94. The fourth-order valence-electron chi connectivity index (χ4n) is 5.42. The molecule has 6 nitrogen and oxygen atoms in total. The third-order valence-corrected chi connectivity index (χ3v) is 7.45. The first-order valence-corrected chi connectivity index (χ1v) is 12.9. The van der Waals surface area contributed by atoms with Crippen LogP contribution >= 0.6 is 11.6 Å². The van der Waals surface area contributed by atoms with Gasteiger partial charge >= 0.3 is 6.03 Å². The van der Waals surface area contributed by atoms with Crippen molar-refractivity contribution in [1.29, 1.82) is 0 Å². The molecule has 1 spiro atoms. The van der Waals surface area contributed by atoms with E-state index in [4.69, 9.17) is 11.6 Å². The van der Waals surface area contributed by atoms with E-state index in [1.165, 1.54) is 0 Å². The van der Waals surface area contributed by atoms with Gasteiger partial charge in [-0.25, -0.2) is 4.79 Å². The van der Waals surface area contributed by atoms with Gasteiger partial charge in [0.1, 0.15) is 12.1 Å². The second-order valence-electron chi connectivity index (χ2n) is 10.2. The van der Waals surface area contributed by atoms with Crippen molar-refractivity contribution in [3.63, 3.8) is 0 Å². The highest BCUT2D eigenvalue weighted by molar-refractivity contribution is 6.30. The van der Waals surface area contributed by atoms with Crippen molar-refractivity contribution in [2.24, 2.45) is 0 Å². The number of nitrogens with one attached hydrogen (secondary N) is 1. The maximum absolute atomic E-state index is 13.7. The van der Waals surface area contributed by atoms with Crippen molar-refractivity contribution >= 4 is 40.8 Å². The summed E-state index contributed by atoms with van der Waals surface area (Å²) in [7, 11) is 0. The van der Waals surface area contributed by atoms with Gasteiger partial charge in [-0.05, 0) is 60.1 Å². The number of carbonyl (C=O) groups is 3. The lowest BCUT2D eigenvalue weighted by Gasteiger charge is -2.38. The van der Waals surface area contributed by atoms with Gasteiger partial charge in [-0.3, -0.25) is 19.4 Å². The average molecular weight is 496 g/mol. The lowest BCUT2D eigenvalue weighted by atomic mass is 9.80. The largest absolute Gasteiger partial charge is 0.332 e. The number of amides is 4. The van der Waals surface area contributed by atoms with E-state index in [0.29, 0.717) is 23.6 Å². The highest BCUT2D eigenvalue weighted by Crippen LogP contribution is 2.43. The molecule has 1 heterocycles. The molecule has 2 aromatic carbocycles. The van der Waals surface area contributed by atoms with Crippen LogP contribution in [0.4, 0.5) is 16.2 Å². The van der Waals surface area contributed by atoms with Crippen molar-refractivity contribution in [2.45, 2.75) is 77.2 Å². The van der Waals surface area contributed by atoms with Gasteiger partial charge in [0.2, 0.25) is 5.91 Å². The van der Waals surface area contributed by atoms with Gasteiger partial charge in [0.05, 0.1) is 0 Å². The highest BCUT2D eigenvalue weighted by Gasteiger charge is 2.58. The molecule has 4 rings (SSSR count). The Hall–Kier alpha value is -2.86. The number of benzene rings is 2. The molecule has 0 atom stereocenters. The number of imide groups is 1. The van der Waals surface area contributed by atoms with E-state index in [2.05, 4.69) is 33.0 Å². The van der Waals surface area contributed by atoms with Crippen LogP contribution in [0, 0.1) is 0 Å². The zero-order valence-corrected chi connectivity index (χ0v) is 21.7. The predicted octanol–water partition coefficient (Wildman–Crippen LogP) is 6.70. The summed E-state index contributed by atoms with van der Waals surface area (Å²) in [5, 5.41) is 3.60. The molecule has 1 N–H and O–H groups in total. The van der Waals surface area contributed by atoms with Crippen LogP contribution in [-0.4, -0.2) is 34.8 Å². The molecule has 0 unspecified atom stereocenters. The minimum absolute atomic E-state index is 0.213. The Labute approximate surface area is 212 Å². The van der Waals surface area contributed by atoms with Gasteiger partial charge in [-0.2, -0.15) is 0 Å². The first-order chi connectivity index (χ1) is 16.7. The standard InChI is InChI=1S/C28H34ClN3O3/c1-18(2)22-9-8-10-23(19(3)4)25(22)30-24(33)17-31-26(34)28(15-6-5-7-16-28)32(27(31)35)21-13-11-20(29)12-14-21/h8-14,18-19H,5-7,15-17H2,1-4H3,(H,30,33). The number of para-hydroxylation sites is 1. The molecule has 186 valence electrons. The third kappa shape index (κ3) is 4.68. The Balaban J connectivity index is 1.64. The van der Waals surface area contributed by atoms with Crippen LogP contribution in [0.1, 0.15) is 82.8 Å². The van der Waals surface area contributed by atoms with Crippen LogP contribution in [0.25, 0.3) is 0 Å². The molecule has 2 aliphatic rings. The highest BCUT2D eigenvalue weighted by atomic mass is 35.5. The van der Waals surface area contributed by atoms with Gasteiger partial charge in [0.15, 0.2) is 0 Å². The average Bonchev–Trinajstić information content (AvgIpc) is 3.01. The number of carbonyl (C=O) groups excluding carboxylic acids is 3. The summed E-state index contributed by atoms with van der Waals surface area (Å²) in [6.45, 7) is 8.02. The topological polar surface area (TPSA) is 69.7 Å². The van der Waals surface area contributed by atoms with Crippen LogP contribution in [0.3, 0.4) is 0 Å². The number of anilines is 2. The third-order valence-electron chi connectivity index (χ3n) is 7.20. The number of urea groups is 1. The number of halogens is 1. The number of hydrogen-bond acceptors (Lipinski definition) is 3. The summed E-state index contributed by atoms with van der Waals surface area (Å²) < 4.78 is 0. The Bertz CT molecular complexity index is 1090. The summed E-state index contributed by atoms with van der Waals surface area (Å²) in [5.41, 5.74) is 2.54. The number of hydrogen-bond donors (Lipinski definition) is 1. The molecule has 1 saturated heterocycles. The molecule has 0 bridgehead atoms. The van der Waals surface area contributed by atoms with E-state index in [1.807, 2.05) is 18.2 Å². The van der Waals surface area contributed by atoms with Gasteiger partial charge in [-0.15, -0.1) is 0 Å². The van der Waals surface area contributed by atoms with Crippen molar-refractivity contribution < 1.29 is 14.4 Å². The van der Waals surface area contributed by atoms with E-state index in [-0.39, 0.29) is 30.2 Å². The number of rotatable bonds is 6. The second-order valence-corrected chi connectivity index (χ2v) is 10.7. The van der Waals surface area contributed by atoms with E-state index in [0.717, 1.165) is 41.0 Å². The molecule has 1 saturated carbocycles. The van der Waals surface area contributed by atoms with Gasteiger partial charge in [-0.1, -0.05) is 76.8 Å². The zero-order chi connectivity index (χ0) is 25.3. The molecule has 4 amide bonds. The first-order valence-electron chi connectivity index (χ1n) is 12.5. The summed E-state index contributed by atoms with van der Waals surface area (Å²) in [4.78, 5) is 43.4. The van der Waals surface area contributed by atoms with E-state index in [9.17, 15) is 14.4 Å². The zero-order valence-electron chi connectivity index (χ0n) is 20.9. The van der Waals surface area contributed by atoms with Crippen molar-refractivity contribution in [3.05, 3.63) is 58.6 Å². The number of nitrogens with zero attached hydrogens (tertiary/aromatic N) is 2. The van der Waals surface area contributed by atoms with Crippen LogP contribution in [0.2, 0.25) is 5.02 Å². The van der Waals surface area contributed by atoms with Crippen molar-refractivity contribution in [3.8, 4) is 0 Å². The monoisotopic (exact) mass is 495 g/mol. The summed E-state index contributed by atoms with van der Waals surface area (Å²) in [6, 6.07) is 12.5. The molecule has 35 heavy (non-hydrogen) atoms. The normalized spacial score (nSPS) is 17.7.